The number of nitro benzene ring substituents is 1. The Hall–Kier alpha value is -4.41. The van der Waals surface area contributed by atoms with Crippen LogP contribution in [0.3, 0.4) is 0 Å². The van der Waals surface area contributed by atoms with E-state index in [4.69, 9.17) is 4.74 Å². The molecule has 1 N–H and O–H groups in total. The van der Waals surface area contributed by atoms with E-state index in [0.29, 0.717) is 29.0 Å². The number of alkyl halides is 3. The van der Waals surface area contributed by atoms with Gasteiger partial charge in [-0.3, -0.25) is 19.7 Å². The first-order chi connectivity index (χ1) is 17.5. The number of hydrogen-bond donors (Lipinski definition) is 1. The van der Waals surface area contributed by atoms with Gasteiger partial charge in [0.2, 0.25) is 0 Å². The molecule has 1 unspecified atom stereocenters. The maximum atomic E-state index is 13.2. The summed E-state index contributed by atoms with van der Waals surface area (Å²) in [4.78, 5) is 37.4. The summed E-state index contributed by atoms with van der Waals surface area (Å²) in [6.45, 7) is 1.78. The number of carbonyl (C=O) groups is 2. The lowest BCUT2D eigenvalue weighted by molar-refractivity contribution is -0.384. The fourth-order valence-corrected chi connectivity index (χ4v) is 3.98. The molecule has 1 heterocycles. The van der Waals surface area contributed by atoms with Crippen molar-refractivity contribution in [1.82, 2.24) is 4.90 Å². The van der Waals surface area contributed by atoms with Gasteiger partial charge in [-0.05, 0) is 54.4 Å². The minimum absolute atomic E-state index is 0.0541. The summed E-state index contributed by atoms with van der Waals surface area (Å²) in [5.41, 5.74) is 0.556. The number of amides is 2. The molecule has 1 aliphatic rings. The normalized spacial score (nSPS) is 15.4. The van der Waals surface area contributed by atoms with Gasteiger partial charge in [0.15, 0.2) is 6.10 Å². The first kappa shape index (κ1) is 25.7. The van der Waals surface area contributed by atoms with Gasteiger partial charge in [-0.1, -0.05) is 19.1 Å². The molecule has 4 rings (SSSR count). The largest absolute Gasteiger partial charge is 0.480 e. The van der Waals surface area contributed by atoms with Crippen molar-refractivity contribution >= 4 is 23.2 Å². The molecule has 0 aliphatic carbocycles. The average molecular weight is 513 g/mol. The maximum Gasteiger partial charge on any atom is 0.416 e. The second-order valence-electron chi connectivity index (χ2n) is 8.49. The Balaban J connectivity index is 1.57. The molecule has 0 radical (unpaired) electrons. The minimum Gasteiger partial charge on any atom is -0.480 e. The van der Waals surface area contributed by atoms with Crippen LogP contribution in [-0.2, 0) is 24.1 Å². The maximum absolute atomic E-state index is 13.2. The van der Waals surface area contributed by atoms with Gasteiger partial charge >= 0.3 is 6.18 Å². The Kier molecular flexibility index (Phi) is 7.14. The Bertz CT molecular complexity index is 1340. The molecule has 0 aromatic heterocycles. The summed E-state index contributed by atoms with van der Waals surface area (Å²) in [7, 11) is 0. The van der Waals surface area contributed by atoms with Crippen molar-refractivity contribution in [2.75, 3.05) is 5.32 Å². The van der Waals surface area contributed by atoms with Crippen LogP contribution in [0, 0.1) is 10.1 Å². The molecule has 192 valence electrons. The molecular formula is C26H22F3N3O5. The fourth-order valence-electron chi connectivity index (χ4n) is 3.98. The molecule has 0 fully saturated rings. The van der Waals surface area contributed by atoms with Crippen LogP contribution in [0.1, 0.15) is 40.4 Å². The van der Waals surface area contributed by atoms with Crippen LogP contribution in [0.15, 0.2) is 66.7 Å². The number of nitro groups is 1. The van der Waals surface area contributed by atoms with E-state index in [-0.39, 0.29) is 30.2 Å². The minimum atomic E-state index is -4.50. The number of nitrogens with one attached hydrogen (secondary N) is 1. The Labute approximate surface area is 209 Å². The zero-order valence-corrected chi connectivity index (χ0v) is 19.6. The lowest BCUT2D eigenvalue weighted by Crippen LogP contribution is -2.38. The first-order valence-corrected chi connectivity index (χ1v) is 11.4. The van der Waals surface area contributed by atoms with Crippen molar-refractivity contribution in [3.05, 3.63) is 99.1 Å². The van der Waals surface area contributed by atoms with Crippen molar-refractivity contribution in [3.63, 3.8) is 0 Å². The summed E-state index contributed by atoms with van der Waals surface area (Å²) < 4.78 is 45.4. The van der Waals surface area contributed by atoms with Gasteiger partial charge in [-0.15, -0.1) is 0 Å². The Morgan fingerprint density at radius 2 is 1.86 bits per heavy atom. The molecular weight excluding hydrogens is 491 g/mol. The predicted octanol–water partition coefficient (Wildman–Crippen LogP) is 5.57. The van der Waals surface area contributed by atoms with E-state index >= 15 is 0 Å². The van der Waals surface area contributed by atoms with Gasteiger partial charge in [0, 0.05) is 42.0 Å². The number of non-ortho nitro benzene ring substituents is 1. The van der Waals surface area contributed by atoms with Crippen LogP contribution in [0.4, 0.5) is 24.5 Å². The summed E-state index contributed by atoms with van der Waals surface area (Å²) in [6.07, 6.45) is -4.96. The van der Waals surface area contributed by atoms with Gasteiger partial charge in [0.25, 0.3) is 17.5 Å². The van der Waals surface area contributed by atoms with Crippen molar-refractivity contribution in [1.29, 1.82) is 0 Å². The van der Waals surface area contributed by atoms with Gasteiger partial charge in [0.1, 0.15) is 5.75 Å². The zero-order chi connectivity index (χ0) is 26.7. The van der Waals surface area contributed by atoms with E-state index in [2.05, 4.69) is 5.32 Å². The molecule has 8 nitrogen and oxygen atoms in total. The molecule has 11 heteroatoms. The van der Waals surface area contributed by atoms with Crippen LogP contribution in [0.25, 0.3) is 0 Å². The third kappa shape index (κ3) is 5.88. The summed E-state index contributed by atoms with van der Waals surface area (Å²) in [5.74, 6) is -0.416. The topological polar surface area (TPSA) is 102 Å². The third-order valence-electron chi connectivity index (χ3n) is 5.87. The van der Waals surface area contributed by atoms with Gasteiger partial charge in [0.05, 0.1) is 10.5 Å². The standard InChI is InChI=1S/C26H22F3N3O5/c1-2-22-25(34)31(14-16-4-3-5-19(12-16)26(27,28)29)15-18-13-20(8-11-23(18)37-22)30-24(33)17-6-9-21(10-7-17)32(35)36/h3-13,22H,2,14-15H2,1H3,(H,30,33). The van der Waals surface area contributed by atoms with Crippen LogP contribution in [0.5, 0.6) is 5.75 Å². The molecule has 1 atom stereocenters. The fraction of sp³-hybridized carbons (Fsp3) is 0.231. The van der Waals surface area contributed by atoms with Crippen LogP contribution < -0.4 is 10.1 Å². The smallest absolute Gasteiger partial charge is 0.416 e. The second-order valence-corrected chi connectivity index (χ2v) is 8.49. The molecule has 0 saturated heterocycles. The van der Waals surface area contributed by atoms with Gasteiger partial charge < -0.3 is 15.0 Å². The van der Waals surface area contributed by atoms with Crippen LogP contribution >= 0.6 is 0 Å². The van der Waals surface area contributed by atoms with Gasteiger partial charge in [-0.25, -0.2) is 0 Å². The van der Waals surface area contributed by atoms with E-state index < -0.39 is 28.7 Å². The number of hydrogen-bond acceptors (Lipinski definition) is 5. The Morgan fingerprint density at radius 3 is 2.51 bits per heavy atom. The number of ether oxygens (including phenoxy) is 1. The summed E-state index contributed by atoms with van der Waals surface area (Å²) in [6, 6.07) is 14.8. The highest BCUT2D eigenvalue weighted by Gasteiger charge is 2.32. The van der Waals surface area contributed by atoms with E-state index in [1.54, 1.807) is 25.1 Å². The molecule has 3 aromatic rings. The van der Waals surface area contributed by atoms with E-state index in [0.717, 1.165) is 12.1 Å². The van der Waals surface area contributed by atoms with Crippen molar-refractivity contribution in [3.8, 4) is 5.75 Å². The van der Waals surface area contributed by atoms with Crippen LogP contribution in [-0.4, -0.2) is 27.7 Å². The van der Waals surface area contributed by atoms with Crippen LogP contribution in [0.2, 0.25) is 0 Å². The second kappa shape index (κ2) is 10.3. The molecule has 1 aliphatic heterocycles. The highest BCUT2D eigenvalue weighted by molar-refractivity contribution is 6.04. The molecule has 2 amide bonds. The SMILES string of the molecule is CCC1Oc2ccc(NC(=O)c3ccc([N+](=O)[O-])cc3)cc2CN(Cc2cccc(C(F)(F)F)c2)C1=O. The monoisotopic (exact) mass is 513 g/mol. The van der Waals surface area contributed by atoms with Gasteiger partial charge in [-0.2, -0.15) is 13.2 Å². The number of fused-ring (bicyclic) bond motifs is 1. The molecule has 3 aromatic carbocycles. The summed E-state index contributed by atoms with van der Waals surface area (Å²) in [5, 5.41) is 13.5. The number of halogens is 3. The number of carbonyl (C=O) groups excluding carboxylic acids is 2. The molecule has 37 heavy (non-hydrogen) atoms. The van der Waals surface area contributed by atoms with E-state index in [1.165, 1.54) is 41.3 Å². The van der Waals surface area contributed by atoms with Crippen molar-refractivity contribution < 1.29 is 32.4 Å². The van der Waals surface area contributed by atoms with E-state index in [9.17, 15) is 32.9 Å². The lowest BCUT2D eigenvalue weighted by Gasteiger charge is -2.23. The third-order valence-corrected chi connectivity index (χ3v) is 5.87. The number of benzene rings is 3. The zero-order valence-electron chi connectivity index (χ0n) is 19.6. The molecule has 0 saturated carbocycles. The predicted molar refractivity (Wildman–Crippen MR) is 128 cm³/mol. The first-order valence-electron chi connectivity index (χ1n) is 11.4. The lowest BCUT2D eigenvalue weighted by atomic mass is 10.1. The van der Waals surface area contributed by atoms with Crippen molar-refractivity contribution in [2.45, 2.75) is 38.7 Å². The Morgan fingerprint density at radius 1 is 1.14 bits per heavy atom. The van der Waals surface area contributed by atoms with Crippen molar-refractivity contribution in [2.24, 2.45) is 0 Å². The highest BCUT2D eigenvalue weighted by Crippen LogP contribution is 2.32. The summed E-state index contributed by atoms with van der Waals surface area (Å²) >= 11 is 0. The van der Waals surface area contributed by atoms with E-state index in [1.807, 2.05) is 0 Å². The molecule has 0 bridgehead atoms. The number of rotatable bonds is 6. The highest BCUT2D eigenvalue weighted by atomic mass is 19.4. The number of nitrogens with zero attached hydrogens (tertiary/aromatic N) is 2. The molecule has 0 spiro atoms. The quantitative estimate of drug-likeness (QED) is 0.343. The average Bonchev–Trinajstić information content (AvgIpc) is 2.99. The number of anilines is 1.